The average Bonchev–Trinajstić information content (AvgIpc) is 3.02. The molecule has 0 aliphatic carbocycles. The Hall–Kier alpha value is -1.57. The summed E-state index contributed by atoms with van der Waals surface area (Å²) in [6.45, 7) is 0.459. The molecule has 1 aromatic heterocycles. The SMILES string of the molecule is O=C(CSc1ccc(F)c(Cl)c1)NC(=O)NCCc1cccs1. The van der Waals surface area contributed by atoms with E-state index < -0.39 is 17.8 Å². The van der Waals surface area contributed by atoms with Crippen molar-refractivity contribution in [3.8, 4) is 0 Å². The van der Waals surface area contributed by atoms with Crippen molar-refractivity contribution < 1.29 is 14.0 Å². The number of thioether (sulfide) groups is 1. The summed E-state index contributed by atoms with van der Waals surface area (Å²) < 4.78 is 13.0. The molecule has 0 atom stereocenters. The first-order valence-corrected chi connectivity index (χ1v) is 8.97. The number of hydrogen-bond acceptors (Lipinski definition) is 4. The van der Waals surface area contributed by atoms with Crippen molar-refractivity contribution in [2.24, 2.45) is 0 Å². The molecule has 122 valence electrons. The first kappa shape index (κ1) is 17.8. The Morgan fingerprint density at radius 2 is 2.13 bits per heavy atom. The molecule has 0 aliphatic rings. The van der Waals surface area contributed by atoms with E-state index in [0.717, 1.165) is 6.42 Å². The van der Waals surface area contributed by atoms with Crippen LogP contribution in [-0.4, -0.2) is 24.2 Å². The van der Waals surface area contributed by atoms with Crippen molar-refractivity contribution in [2.75, 3.05) is 12.3 Å². The molecule has 1 aromatic carbocycles. The number of carbonyl (C=O) groups excluding carboxylic acids is 2. The van der Waals surface area contributed by atoms with Gasteiger partial charge in [0.2, 0.25) is 5.91 Å². The van der Waals surface area contributed by atoms with Gasteiger partial charge < -0.3 is 5.32 Å². The van der Waals surface area contributed by atoms with Gasteiger partial charge in [-0.3, -0.25) is 10.1 Å². The third-order valence-corrected chi connectivity index (χ3v) is 4.97. The lowest BCUT2D eigenvalue weighted by Gasteiger charge is -2.06. The summed E-state index contributed by atoms with van der Waals surface area (Å²) in [6.07, 6.45) is 0.724. The van der Waals surface area contributed by atoms with Gasteiger partial charge in [0.05, 0.1) is 10.8 Å². The molecule has 0 saturated heterocycles. The highest BCUT2D eigenvalue weighted by molar-refractivity contribution is 8.00. The lowest BCUT2D eigenvalue weighted by atomic mass is 10.3. The van der Waals surface area contributed by atoms with Crippen LogP contribution in [0.3, 0.4) is 0 Å². The third kappa shape index (κ3) is 6.21. The minimum absolute atomic E-state index is 0.00160. The summed E-state index contributed by atoms with van der Waals surface area (Å²) >= 11 is 8.45. The maximum absolute atomic E-state index is 13.0. The van der Waals surface area contributed by atoms with Crippen LogP contribution in [0, 0.1) is 5.82 Å². The van der Waals surface area contributed by atoms with Gasteiger partial charge in [-0.1, -0.05) is 17.7 Å². The molecular weight excluding hydrogens is 359 g/mol. The lowest BCUT2D eigenvalue weighted by Crippen LogP contribution is -2.41. The summed E-state index contributed by atoms with van der Waals surface area (Å²) in [5.74, 6) is -0.894. The highest BCUT2D eigenvalue weighted by atomic mass is 35.5. The maximum Gasteiger partial charge on any atom is 0.321 e. The molecule has 0 spiro atoms. The predicted octanol–water partition coefficient (Wildman–Crippen LogP) is 3.70. The highest BCUT2D eigenvalue weighted by Crippen LogP contribution is 2.23. The molecule has 0 radical (unpaired) electrons. The second-order valence-corrected chi connectivity index (χ2v) is 6.99. The van der Waals surface area contributed by atoms with E-state index >= 15 is 0 Å². The molecule has 8 heteroatoms. The number of hydrogen-bond donors (Lipinski definition) is 2. The van der Waals surface area contributed by atoms with Gasteiger partial charge in [-0.15, -0.1) is 23.1 Å². The van der Waals surface area contributed by atoms with Gasteiger partial charge in [0.25, 0.3) is 0 Å². The van der Waals surface area contributed by atoms with E-state index in [9.17, 15) is 14.0 Å². The number of imide groups is 1. The normalized spacial score (nSPS) is 10.3. The summed E-state index contributed by atoms with van der Waals surface area (Å²) in [6, 6.07) is 7.61. The summed E-state index contributed by atoms with van der Waals surface area (Å²) in [7, 11) is 0. The molecule has 4 nitrogen and oxygen atoms in total. The fraction of sp³-hybridized carbons (Fsp3) is 0.200. The number of halogens is 2. The molecule has 23 heavy (non-hydrogen) atoms. The molecule has 0 fully saturated rings. The number of benzene rings is 1. The number of carbonyl (C=O) groups is 2. The van der Waals surface area contributed by atoms with Gasteiger partial charge in [-0.05, 0) is 36.1 Å². The van der Waals surface area contributed by atoms with Crippen molar-refractivity contribution in [1.29, 1.82) is 0 Å². The zero-order chi connectivity index (χ0) is 16.7. The van der Waals surface area contributed by atoms with E-state index in [2.05, 4.69) is 10.6 Å². The fourth-order valence-corrected chi connectivity index (χ4v) is 3.37. The molecular formula is C15H14ClFN2O2S2. The van der Waals surface area contributed by atoms with Crippen molar-refractivity contribution in [3.05, 3.63) is 51.4 Å². The zero-order valence-corrected chi connectivity index (χ0v) is 14.4. The van der Waals surface area contributed by atoms with Crippen LogP contribution in [0.1, 0.15) is 4.88 Å². The van der Waals surface area contributed by atoms with Crippen molar-refractivity contribution in [3.63, 3.8) is 0 Å². The Kier molecular flexibility index (Phi) is 6.88. The standard InChI is InChI=1S/C15H14ClFN2O2S2/c16-12-8-11(3-4-13(12)17)23-9-14(20)19-15(21)18-6-5-10-2-1-7-22-10/h1-4,7-8H,5-6,9H2,(H2,18,19,20,21). The number of urea groups is 1. The second-order valence-electron chi connectivity index (χ2n) is 4.50. The average molecular weight is 373 g/mol. The molecule has 2 aromatic rings. The smallest absolute Gasteiger partial charge is 0.321 e. The molecule has 2 N–H and O–H groups in total. The third-order valence-electron chi connectivity index (χ3n) is 2.75. The van der Waals surface area contributed by atoms with Crippen molar-refractivity contribution in [2.45, 2.75) is 11.3 Å². The highest BCUT2D eigenvalue weighted by Gasteiger charge is 2.09. The van der Waals surface area contributed by atoms with Crippen LogP contribution in [0.2, 0.25) is 5.02 Å². The van der Waals surface area contributed by atoms with E-state index in [4.69, 9.17) is 11.6 Å². The van der Waals surface area contributed by atoms with Crippen LogP contribution >= 0.6 is 34.7 Å². The summed E-state index contributed by atoms with van der Waals surface area (Å²) in [5, 5.41) is 6.84. The quantitative estimate of drug-likeness (QED) is 0.760. The summed E-state index contributed by atoms with van der Waals surface area (Å²) in [4.78, 5) is 25.1. The van der Waals surface area contributed by atoms with E-state index in [0.29, 0.717) is 11.4 Å². The molecule has 0 bridgehead atoms. The first-order valence-electron chi connectivity index (χ1n) is 6.72. The van der Waals surface area contributed by atoms with Crippen LogP contribution in [-0.2, 0) is 11.2 Å². The second kappa shape index (κ2) is 8.90. The van der Waals surface area contributed by atoms with Gasteiger partial charge in [-0.2, -0.15) is 0 Å². The van der Waals surface area contributed by atoms with Gasteiger partial charge in [0.1, 0.15) is 5.82 Å². The van der Waals surface area contributed by atoms with Crippen LogP contribution < -0.4 is 10.6 Å². The Morgan fingerprint density at radius 3 is 2.83 bits per heavy atom. The number of thiophene rings is 1. The van der Waals surface area contributed by atoms with E-state index in [1.165, 1.54) is 34.8 Å². The minimum Gasteiger partial charge on any atom is -0.337 e. The van der Waals surface area contributed by atoms with Crippen molar-refractivity contribution >= 4 is 46.6 Å². The number of amides is 3. The monoisotopic (exact) mass is 372 g/mol. The Labute approximate surface area is 146 Å². The van der Waals surface area contributed by atoms with Gasteiger partial charge in [0.15, 0.2) is 0 Å². The Bertz CT molecular complexity index is 680. The predicted molar refractivity (Wildman–Crippen MR) is 91.7 cm³/mol. The molecule has 0 saturated carbocycles. The van der Waals surface area contributed by atoms with Gasteiger partial charge in [-0.25, -0.2) is 9.18 Å². The van der Waals surface area contributed by atoms with Crippen LogP contribution in [0.5, 0.6) is 0 Å². The number of rotatable bonds is 6. The maximum atomic E-state index is 13.0. The molecule has 2 rings (SSSR count). The molecule has 0 unspecified atom stereocenters. The topological polar surface area (TPSA) is 58.2 Å². The van der Waals surface area contributed by atoms with E-state index in [1.807, 2.05) is 17.5 Å². The van der Waals surface area contributed by atoms with Crippen LogP contribution in [0.15, 0.2) is 40.6 Å². The largest absolute Gasteiger partial charge is 0.337 e. The lowest BCUT2D eigenvalue weighted by molar-refractivity contribution is -0.117. The fourth-order valence-electron chi connectivity index (χ4n) is 1.68. The molecule has 0 aliphatic heterocycles. The van der Waals surface area contributed by atoms with E-state index in [-0.39, 0.29) is 10.8 Å². The van der Waals surface area contributed by atoms with E-state index in [1.54, 1.807) is 11.3 Å². The van der Waals surface area contributed by atoms with Crippen molar-refractivity contribution in [1.82, 2.24) is 10.6 Å². The molecule has 3 amide bonds. The van der Waals surface area contributed by atoms with Gasteiger partial charge >= 0.3 is 6.03 Å². The minimum atomic E-state index is -0.524. The Balaban J connectivity index is 1.67. The number of nitrogens with one attached hydrogen (secondary N) is 2. The molecule has 1 heterocycles. The van der Waals surface area contributed by atoms with Crippen LogP contribution in [0.4, 0.5) is 9.18 Å². The summed E-state index contributed by atoms with van der Waals surface area (Å²) in [5.41, 5.74) is 0. The van der Waals surface area contributed by atoms with Gasteiger partial charge in [0, 0.05) is 16.3 Å². The first-order chi connectivity index (χ1) is 11.0. The van der Waals surface area contributed by atoms with Crippen LogP contribution in [0.25, 0.3) is 0 Å². The zero-order valence-electron chi connectivity index (χ0n) is 12.0. The Morgan fingerprint density at radius 1 is 1.30 bits per heavy atom.